The summed E-state index contributed by atoms with van der Waals surface area (Å²) in [6.45, 7) is 6.78. The van der Waals surface area contributed by atoms with Gasteiger partial charge in [-0.2, -0.15) is 0 Å². The third-order valence-corrected chi connectivity index (χ3v) is 2.05. The minimum absolute atomic E-state index is 0.0153. The Hall–Kier alpha value is -0.670. The van der Waals surface area contributed by atoms with Gasteiger partial charge in [0.2, 0.25) is 0 Å². The van der Waals surface area contributed by atoms with Crippen LogP contribution in [0.4, 0.5) is 5.69 Å². The van der Waals surface area contributed by atoms with E-state index in [0.29, 0.717) is 12.6 Å². The summed E-state index contributed by atoms with van der Waals surface area (Å²) in [5, 5.41) is 3.34. The average Bonchev–Trinajstić information content (AvgIpc) is 2.16. The molecule has 2 nitrogen and oxygen atoms in total. The van der Waals surface area contributed by atoms with Crippen LogP contribution in [0, 0.1) is 0 Å². The molecule has 0 heterocycles. The van der Waals surface area contributed by atoms with Gasteiger partial charge in [0.15, 0.2) is 0 Å². The molecule has 0 aliphatic carbocycles. The quantitative estimate of drug-likeness (QED) is 0.592. The molecule has 0 aliphatic rings. The summed E-state index contributed by atoms with van der Waals surface area (Å²) in [6.07, 6.45) is 0. The molecular weight excluding hydrogens is 206 g/mol. The Bertz CT molecular complexity index is 282. The lowest BCUT2D eigenvalue weighted by molar-refractivity contribution is 0.112. The third kappa shape index (κ3) is 5.09. The van der Waals surface area contributed by atoms with Crippen LogP contribution in [0.5, 0.6) is 0 Å². The predicted octanol–water partition coefficient (Wildman–Crippen LogP) is 3.30. The molecular formula is C12H19NOS. The normalized spacial score (nSPS) is 12.9. The van der Waals surface area contributed by atoms with Crippen molar-refractivity contribution in [1.82, 2.24) is 0 Å². The number of anilines is 1. The van der Waals surface area contributed by atoms with E-state index < -0.39 is 0 Å². The van der Waals surface area contributed by atoms with Crippen molar-refractivity contribution in [2.24, 2.45) is 0 Å². The van der Waals surface area contributed by atoms with Gasteiger partial charge >= 0.3 is 0 Å². The van der Waals surface area contributed by atoms with Gasteiger partial charge in [-0.25, -0.2) is 0 Å². The fraction of sp³-hybridized carbons (Fsp3) is 0.500. The van der Waals surface area contributed by atoms with Gasteiger partial charge in [-0.15, -0.1) is 12.6 Å². The van der Waals surface area contributed by atoms with Crippen molar-refractivity contribution >= 4 is 18.3 Å². The van der Waals surface area contributed by atoms with Crippen LogP contribution in [-0.2, 0) is 11.3 Å². The van der Waals surface area contributed by atoms with Crippen molar-refractivity contribution in [3.8, 4) is 0 Å². The number of thiol groups is 1. The van der Waals surface area contributed by atoms with Crippen LogP contribution < -0.4 is 5.32 Å². The Morgan fingerprint density at radius 2 is 1.80 bits per heavy atom. The highest BCUT2D eigenvalue weighted by molar-refractivity contribution is 7.80. The molecule has 0 fully saturated rings. The number of hydrogen-bond donors (Lipinski definition) is 2. The van der Waals surface area contributed by atoms with Crippen molar-refractivity contribution in [2.45, 2.75) is 38.9 Å². The summed E-state index contributed by atoms with van der Waals surface area (Å²) in [4.78, 5) is 0. The molecule has 1 aromatic carbocycles. The second-order valence-corrected chi connectivity index (χ2v) is 4.63. The molecule has 0 saturated carbocycles. The summed E-state index contributed by atoms with van der Waals surface area (Å²) in [5.74, 6) is 0. The lowest BCUT2D eigenvalue weighted by atomic mass is 10.2. The molecule has 1 unspecified atom stereocenters. The maximum atomic E-state index is 5.39. The summed E-state index contributed by atoms with van der Waals surface area (Å²) < 4.78 is 5.39. The van der Waals surface area contributed by atoms with Crippen molar-refractivity contribution in [2.75, 3.05) is 5.32 Å². The molecule has 1 rings (SSSR count). The Morgan fingerprint density at radius 1 is 1.20 bits per heavy atom. The van der Waals surface area contributed by atoms with Crippen LogP contribution in [0.3, 0.4) is 0 Å². The first-order valence-electron chi connectivity index (χ1n) is 5.23. The van der Waals surface area contributed by atoms with Gasteiger partial charge in [-0.3, -0.25) is 0 Å². The summed E-state index contributed by atoms with van der Waals surface area (Å²) >= 11 is 4.16. The molecule has 3 heteroatoms. The molecule has 1 N–H and O–H groups in total. The highest BCUT2D eigenvalue weighted by atomic mass is 32.1. The zero-order valence-corrected chi connectivity index (χ0v) is 10.4. The first kappa shape index (κ1) is 12.4. The number of ether oxygens (including phenoxy) is 1. The highest BCUT2D eigenvalue weighted by Gasteiger charge is 1.98. The lowest BCUT2D eigenvalue weighted by Crippen LogP contribution is -2.09. The zero-order valence-electron chi connectivity index (χ0n) is 9.53. The van der Waals surface area contributed by atoms with Crippen molar-refractivity contribution in [3.63, 3.8) is 0 Å². The Kier molecular flexibility index (Phi) is 4.99. The van der Waals surface area contributed by atoms with E-state index >= 15 is 0 Å². The topological polar surface area (TPSA) is 21.3 Å². The number of rotatable bonds is 5. The molecule has 0 aliphatic heterocycles. The van der Waals surface area contributed by atoms with Crippen LogP contribution >= 0.6 is 12.6 Å². The molecule has 15 heavy (non-hydrogen) atoms. The van der Waals surface area contributed by atoms with Gasteiger partial charge in [0.1, 0.15) is 0 Å². The first-order chi connectivity index (χ1) is 7.08. The maximum absolute atomic E-state index is 5.39. The summed E-state index contributed by atoms with van der Waals surface area (Å²) in [7, 11) is 0. The number of nitrogens with one attached hydrogen (secondary N) is 1. The van der Waals surface area contributed by atoms with E-state index in [0.717, 1.165) is 5.69 Å². The second kappa shape index (κ2) is 6.03. The Labute approximate surface area is 97.4 Å². The van der Waals surface area contributed by atoms with E-state index in [4.69, 9.17) is 4.74 Å². The van der Waals surface area contributed by atoms with E-state index in [-0.39, 0.29) is 5.44 Å². The highest BCUT2D eigenvalue weighted by Crippen LogP contribution is 2.12. The van der Waals surface area contributed by atoms with E-state index in [9.17, 15) is 0 Å². The second-order valence-electron chi connectivity index (χ2n) is 3.91. The van der Waals surface area contributed by atoms with Crippen molar-refractivity contribution in [1.29, 1.82) is 0 Å². The van der Waals surface area contributed by atoms with E-state index in [2.05, 4.69) is 56.1 Å². The van der Waals surface area contributed by atoms with Crippen LogP contribution in [0.2, 0.25) is 0 Å². The largest absolute Gasteiger partial charge is 0.383 e. The Balaban J connectivity index is 2.49. The number of hydrogen-bond acceptors (Lipinski definition) is 3. The van der Waals surface area contributed by atoms with E-state index in [1.807, 2.05) is 6.92 Å². The fourth-order valence-corrected chi connectivity index (χ4v) is 1.32. The minimum atomic E-state index is -0.0153. The lowest BCUT2D eigenvalue weighted by Gasteiger charge is -2.11. The molecule has 0 bridgehead atoms. The predicted molar refractivity (Wildman–Crippen MR) is 68.4 cm³/mol. The first-order valence-corrected chi connectivity index (χ1v) is 5.74. The molecule has 0 saturated heterocycles. The van der Waals surface area contributed by atoms with E-state index in [1.165, 1.54) is 5.56 Å². The smallest absolute Gasteiger partial charge is 0.0975 e. The van der Waals surface area contributed by atoms with Crippen LogP contribution in [0.15, 0.2) is 24.3 Å². The van der Waals surface area contributed by atoms with Crippen molar-refractivity contribution < 1.29 is 4.74 Å². The minimum Gasteiger partial charge on any atom is -0.383 e. The van der Waals surface area contributed by atoms with Crippen LogP contribution in [-0.4, -0.2) is 11.5 Å². The van der Waals surface area contributed by atoms with Gasteiger partial charge < -0.3 is 10.1 Å². The van der Waals surface area contributed by atoms with Crippen LogP contribution in [0.25, 0.3) is 0 Å². The van der Waals surface area contributed by atoms with Gasteiger partial charge in [-0.1, -0.05) is 12.1 Å². The summed E-state index contributed by atoms with van der Waals surface area (Å²) in [5.41, 5.74) is 2.30. The number of benzene rings is 1. The standard InChI is InChI=1S/C12H19NOS/c1-9(2)13-12-6-4-11(5-7-12)8-14-10(3)15/h4-7,9-10,13,15H,8H2,1-3H3. The van der Waals surface area contributed by atoms with Gasteiger partial charge in [0, 0.05) is 11.7 Å². The monoisotopic (exact) mass is 225 g/mol. The third-order valence-electron chi connectivity index (χ3n) is 1.90. The molecule has 0 radical (unpaired) electrons. The molecule has 0 aromatic heterocycles. The summed E-state index contributed by atoms with van der Waals surface area (Å²) in [6, 6.07) is 8.75. The zero-order chi connectivity index (χ0) is 11.3. The molecule has 1 atom stereocenters. The van der Waals surface area contributed by atoms with Gasteiger partial charge in [-0.05, 0) is 38.5 Å². The molecule has 84 valence electrons. The fourth-order valence-electron chi connectivity index (χ4n) is 1.25. The molecule has 0 amide bonds. The SMILES string of the molecule is CC(C)Nc1ccc(COC(C)S)cc1. The Morgan fingerprint density at radius 3 is 2.27 bits per heavy atom. The van der Waals surface area contributed by atoms with E-state index in [1.54, 1.807) is 0 Å². The molecule has 1 aromatic rings. The van der Waals surface area contributed by atoms with Crippen molar-refractivity contribution in [3.05, 3.63) is 29.8 Å². The average molecular weight is 225 g/mol. The maximum Gasteiger partial charge on any atom is 0.0975 e. The van der Waals surface area contributed by atoms with Gasteiger partial charge in [0.25, 0.3) is 0 Å². The molecule has 0 spiro atoms. The van der Waals surface area contributed by atoms with Crippen LogP contribution in [0.1, 0.15) is 26.3 Å². The van der Waals surface area contributed by atoms with Gasteiger partial charge in [0.05, 0.1) is 12.0 Å².